The zero-order chi connectivity index (χ0) is 14.8. The summed E-state index contributed by atoms with van der Waals surface area (Å²) in [4.78, 5) is 25.2. The number of nitriles is 1. The van der Waals surface area contributed by atoms with E-state index in [0.29, 0.717) is 11.5 Å². The zero-order valence-corrected chi connectivity index (χ0v) is 10.9. The molecule has 7 nitrogen and oxygen atoms in total. The smallest absolute Gasteiger partial charge is 0.328 e. The third-order valence-corrected chi connectivity index (χ3v) is 3.10. The van der Waals surface area contributed by atoms with Crippen molar-refractivity contribution in [2.45, 2.75) is 12.6 Å². The Labute approximate surface area is 119 Å². The lowest BCUT2D eigenvalue weighted by molar-refractivity contribution is 0.0774. The molecule has 2 heterocycles. The van der Waals surface area contributed by atoms with E-state index < -0.39 is 11.2 Å². The lowest BCUT2D eigenvalue weighted by Gasteiger charge is -2.26. The number of aromatic nitrogens is 2. The van der Waals surface area contributed by atoms with Crippen molar-refractivity contribution >= 4 is 0 Å². The highest BCUT2D eigenvalue weighted by Crippen LogP contribution is 2.30. The number of hydrogen-bond acceptors (Lipinski definition) is 5. The molecule has 7 heteroatoms. The Kier molecular flexibility index (Phi) is 3.20. The molecule has 3 rings (SSSR count). The van der Waals surface area contributed by atoms with Gasteiger partial charge in [-0.3, -0.25) is 14.3 Å². The van der Waals surface area contributed by atoms with Crippen molar-refractivity contribution in [3.05, 3.63) is 56.9 Å². The number of para-hydroxylation sites is 2. The fraction of sp³-hybridized carbons (Fsp3) is 0.214. The van der Waals surface area contributed by atoms with E-state index in [1.54, 1.807) is 18.2 Å². The second-order valence-electron chi connectivity index (χ2n) is 4.56. The highest BCUT2D eigenvalue weighted by molar-refractivity contribution is 5.40. The van der Waals surface area contributed by atoms with E-state index >= 15 is 0 Å². The molecule has 0 bridgehead atoms. The van der Waals surface area contributed by atoms with Crippen molar-refractivity contribution < 1.29 is 9.47 Å². The maximum Gasteiger partial charge on any atom is 0.328 e. The molecule has 0 aliphatic carbocycles. The van der Waals surface area contributed by atoms with Crippen LogP contribution in [0.4, 0.5) is 0 Å². The standard InChI is InChI=1S/C14H11N3O4/c15-5-9-6-17(14(19)16-13(9)18)7-10-8-20-11-3-1-2-4-12(11)21-10/h1-4,6,10H,7-8H2,(H,16,18,19)/t10-/m0/s1. The molecular weight excluding hydrogens is 274 g/mol. The van der Waals surface area contributed by atoms with Crippen LogP contribution in [0, 0.1) is 11.3 Å². The van der Waals surface area contributed by atoms with E-state index in [-0.39, 0.29) is 24.8 Å². The molecular formula is C14H11N3O4. The minimum absolute atomic E-state index is 0.119. The van der Waals surface area contributed by atoms with Crippen molar-refractivity contribution in [1.29, 1.82) is 5.26 Å². The number of nitrogens with zero attached hydrogens (tertiary/aromatic N) is 2. The Balaban J connectivity index is 1.85. The average Bonchev–Trinajstić information content (AvgIpc) is 2.50. The lowest BCUT2D eigenvalue weighted by Crippen LogP contribution is -2.39. The third kappa shape index (κ3) is 2.51. The first-order valence-electron chi connectivity index (χ1n) is 6.30. The van der Waals surface area contributed by atoms with E-state index in [0.717, 1.165) is 0 Å². The van der Waals surface area contributed by atoms with Gasteiger partial charge >= 0.3 is 5.69 Å². The van der Waals surface area contributed by atoms with Crippen molar-refractivity contribution in [1.82, 2.24) is 9.55 Å². The maximum atomic E-state index is 11.7. The van der Waals surface area contributed by atoms with Gasteiger partial charge in [-0.25, -0.2) is 4.79 Å². The van der Waals surface area contributed by atoms with Crippen LogP contribution in [0.25, 0.3) is 0 Å². The van der Waals surface area contributed by atoms with Gasteiger partial charge in [0.05, 0.1) is 6.54 Å². The highest BCUT2D eigenvalue weighted by Gasteiger charge is 2.21. The van der Waals surface area contributed by atoms with Crippen LogP contribution in [0.3, 0.4) is 0 Å². The summed E-state index contributed by atoms with van der Waals surface area (Å²) in [6.07, 6.45) is 0.848. The van der Waals surface area contributed by atoms with Gasteiger partial charge in [0.25, 0.3) is 5.56 Å². The number of hydrogen-bond donors (Lipinski definition) is 1. The van der Waals surface area contributed by atoms with Crippen LogP contribution in [0.15, 0.2) is 40.1 Å². The largest absolute Gasteiger partial charge is 0.486 e. The van der Waals surface area contributed by atoms with Crippen molar-refractivity contribution in [3.8, 4) is 17.6 Å². The summed E-state index contributed by atoms with van der Waals surface area (Å²) in [6.45, 7) is 0.461. The predicted octanol–water partition coefficient (Wildman–Crippen LogP) is 0.248. The Morgan fingerprint density at radius 2 is 2.10 bits per heavy atom. The number of ether oxygens (including phenoxy) is 2. The molecule has 106 valence electrons. The first-order valence-corrected chi connectivity index (χ1v) is 6.30. The summed E-state index contributed by atoms with van der Waals surface area (Å²) >= 11 is 0. The normalized spacial score (nSPS) is 16.2. The summed E-state index contributed by atoms with van der Waals surface area (Å²) in [5, 5.41) is 8.83. The number of aromatic amines is 1. The molecule has 0 unspecified atom stereocenters. The lowest BCUT2D eigenvalue weighted by atomic mass is 10.2. The molecule has 21 heavy (non-hydrogen) atoms. The maximum absolute atomic E-state index is 11.7. The number of fused-ring (bicyclic) bond motifs is 1. The topological polar surface area (TPSA) is 97.1 Å². The van der Waals surface area contributed by atoms with Gasteiger partial charge in [-0.05, 0) is 12.1 Å². The van der Waals surface area contributed by atoms with Crippen molar-refractivity contribution in [2.75, 3.05) is 6.61 Å². The summed E-state index contributed by atoms with van der Waals surface area (Å²) in [5.41, 5.74) is -1.39. The second kappa shape index (κ2) is 5.17. The molecule has 0 amide bonds. The van der Waals surface area contributed by atoms with E-state index in [9.17, 15) is 9.59 Å². The van der Waals surface area contributed by atoms with Gasteiger partial charge in [-0.1, -0.05) is 12.1 Å². The SMILES string of the molecule is N#Cc1cn(C[C@H]2COc3ccccc3O2)c(=O)[nH]c1=O. The average molecular weight is 285 g/mol. The van der Waals surface area contributed by atoms with E-state index in [4.69, 9.17) is 14.7 Å². The van der Waals surface area contributed by atoms with Crippen LogP contribution in [-0.2, 0) is 6.54 Å². The van der Waals surface area contributed by atoms with Gasteiger partial charge in [0.1, 0.15) is 18.2 Å². The van der Waals surface area contributed by atoms with E-state index in [1.165, 1.54) is 10.8 Å². The Bertz CT molecular complexity index is 831. The van der Waals surface area contributed by atoms with Crippen LogP contribution in [0.5, 0.6) is 11.5 Å². The molecule has 1 N–H and O–H groups in total. The summed E-state index contributed by atoms with van der Waals surface area (Å²) in [7, 11) is 0. The van der Waals surface area contributed by atoms with E-state index in [2.05, 4.69) is 4.98 Å². The van der Waals surface area contributed by atoms with Gasteiger partial charge < -0.3 is 9.47 Å². The van der Waals surface area contributed by atoms with Gasteiger partial charge in [-0.2, -0.15) is 5.26 Å². The molecule has 1 aliphatic heterocycles. The number of benzene rings is 1. The fourth-order valence-electron chi connectivity index (χ4n) is 2.10. The fourth-order valence-corrected chi connectivity index (χ4v) is 2.10. The highest BCUT2D eigenvalue weighted by atomic mass is 16.6. The first-order chi connectivity index (χ1) is 10.2. The molecule has 0 spiro atoms. The minimum Gasteiger partial charge on any atom is -0.486 e. The van der Waals surface area contributed by atoms with Crippen LogP contribution < -0.4 is 20.7 Å². The molecule has 2 aromatic rings. The van der Waals surface area contributed by atoms with Crippen molar-refractivity contribution in [3.63, 3.8) is 0 Å². The molecule has 0 saturated heterocycles. The van der Waals surface area contributed by atoms with Gasteiger partial charge in [0, 0.05) is 6.20 Å². The van der Waals surface area contributed by atoms with E-state index in [1.807, 2.05) is 12.1 Å². The minimum atomic E-state index is -0.690. The third-order valence-electron chi connectivity index (χ3n) is 3.10. The molecule has 0 fully saturated rings. The monoisotopic (exact) mass is 285 g/mol. The molecule has 0 saturated carbocycles. The van der Waals surface area contributed by atoms with Crippen LogP contribution in [-0.4, -0.2) is 22.3 Å². The number of H-pyrrole nitrogens is 1. The summed E-state index contributed by atoms with van der Waals surface area (Å²) in [5.74, 6) is 1.26. The Morgan fingerprint density at radius 3 is 2.86 bits per heavy atom. The Morgan fingerprint density at radius 1 is 1.33 bits per heavy atom. The molecule has 0 radical (unpaired) electrons. The molecule has 1 aromatic carbocycles. The second-order valence-corrected chi connectivity index (χ2v) is 4.56. The van der Waals surface area contributed by atoms with Gasteiger partial charge in [0.15, 0.2) is 17.6 Å². The zero-order valence-electron chi connectivity index (χ0n) is 10.9. The van der Waals surface area contributed by atoms with Gasteiger partial charge in [0.2, 0.25) is 0 Å². The Hall–Kier alpha value is -3.01. The molecule has 1 aliphatic rings. The molecule has 1 atom stereocenters. The van der Waals surface area contributed by atoms with Crippen LogP contribution >= 0.6 is 0 Å². The summed E-state index contributed by atoms with van der Waals surface area (Å²) in [6, 6.07) is 8.98. The van der Waals surface area contributed by atoms with Crippen LogP contribution in [0.1, 0.15) is 5.56 Å². The summed E-state index contributed by atoms with van der Waals surface area (Å²) < 4.78 is 12.5. The predicted molar refractivity (Wildman–Crippen MR) is 72.4 cm³/mol. The first kappa shape index (κ1) is 13.0. The van der Waals surface area contributed by atoms with Gasteiger partial charge in [-0.15, -0.1) is 0 Å². The molecule has 1 aromatic heterocycles. The number of nitrogens with one attached hydrogen (secondary N) is 1. The van der Waals surface area contributed by atoms with Crippen LogP contribution in [0.2, 0.25) is 0 Å². The quantitative estimate of drug-likeness (QED) is 0.853. The number of rotatable bonds is 2. The van der Waals surface area contributed by atoms with Crippen molar-refractivity contribution in [2.24, 2.45) is 0 Å².